The molecule has 0 aliphatic rings. The molecule has 1 aromatic carbocycles. The molecule has 15 heavy (non-hydrogen) atoms. The summed E-state index contributed by atoms with van der Waals surface area (Å²) in [7, 11) is 0. The van der Waals surface area contributed by atoms with Gasteiger partial charge in [-0.3, -0.25) is 4.79 Å². The molecule has 0 bridgehead atoms. The van der Waals surface area contributed by atoms with Crippen LogP contribution in [0, 0.1) is 3.57 Å². The van der Waals surface area contributed by atoms with Gasteiger partial charge in [-0.05, 0) is 56.7 Å². The number of nitrogens with zero attached hydrogens (tertiary/aromatic N) is 3. The first kappa shape index (κ1) is 10.7. The van der Waals surface area contributed by atoms with E-state index in [1.807, 2.05) is 18.2 Å². The Hall–Kier alpha value is -0.760. The first-order chi connectivity index (χ1) is 7.20. The van der Waals surface area contributed by atoms with Crippen molar-refractivity contribution in [3.05, 3.63) is 38.1 Å². The summed E-state index contributed by atoms with van der Waals surface area (Å²) in [5.74, 6) is 0. The van der Waals surface area contributed by atoms with Crippen molar-refractivity contribution in [3.8, 4) is 5.69 Å². The van der Waals surface area contributed by atoms with E-state index in [0.29, 0.717) is 12.0 Å². The zero-order valence-corrected chi connectivity index (χ0v) is 11.1. The molecule has 2 rings (SSSR count). The van der Waals surface area contributed by atoms with E-state index in [1.54, 1.807) is 10.9 Å². The predicted molar refractivity (Wildman–Crippen MR) is 67.2 cm³/mol. The molecule has 76 valence electrons. The van der Waals surface area contributed by atoms with Crippen molar-refractivity contribution in [1.82, 2.24) is 15.0 Å². The molecule has 1 aromatic heterocycles. The van der Waals surface area contributed by atoms with Crippen LogP contribution in [0.25, 0.3) is 5.69 Å². The fourth-order valence-electron chi connectivity index (χ4n) is 1.12. The Kier molecular flexibility index (Phi) is 3.15. The normalized spacial score (nSPS) is 10.3. The molecule has 0 saturated heterocycles. The van der Waals surface area contributed by atoms with Crippen LogP contribution in [0.3, 0.4) is 0 Å². The minimum Gasteiger partial charge on any atom is -0.296 e. The van der Waals surface area contributed by atoms with Crippen molar-refractivity contribution in [3.63, 3.8) is 0 Å². The van der Waals surface area contributed by atoms with Crippen molar-refractivity contribution in [2.24, 2.45) is 0 Å². The number of benzene rings is 1. The first-order valence-electron chi connectivity index (χ1n) is 4.03. The largest absolute Gasteiger partial charge is 0.296 e. The third-order valence-electron chi connectivity index (χ3n) is 1.79. The molecular formula is C9H5BrIN3O. The Morgan fingerprint density at radius 2 is 2.27 bits per heavy atom. The van der Waals surface area contributed by atoms with Gasteiger partial charge in [0.25, 0.3) is 0 Å². The highest BCUT2D eigenvalue weighted by molar-refractivity contribution is 14.1. The number of hydrogen-bond acceptors (Lipinski definition) is 3. The molecule has 0 unspecified atom stereocenters. The minimum absolute atomic E-state index is 0.320. The number of rotatable bonds is 2. The Morgan fingerprint density at radius 1 is 1.47 bits per heavy atom. The molecule has 0 fully saturated rings. The Bertz CT molecular complexity index is 512. The van der Waals surface area contributed by atoms with E-state index in [0.717, 1.165) is 13.7 Å². The molecule has 0 saturated carbocycles. The van der Waals surface area contributed by atoms with E-state index < -0.39 is 0 Å². The molecular weight excluding hydrogens is 373 g/mol. The van der Waals surface area contributed by atoms with Crippen molar-refractivity contribution >= 4 is 44.8 Å². The van der Waals surface area contributed by atoms with Crippen LogP contribution in [0.15, 0.2) is 28.9 Å². The van der Waals surface area contributed by atoms with Gasteiger partial charge in [0.1, 0.15) is 5.69 Å². The van der Waals surface area contributed by atoms with Gasteiger partial charge in [-0.2, -0.15) is 0 Å². The van der Waals surface area contributed by atoms with E-state index in [4.69, 9.17) is 0 Å². The van der Waals surface area contributed by atoms with E-state index in [1.165, 1.54) is 0 Å². The van der Waals surface area contributed by atoms with Crippen LogP contribution in [0.4, 0.5) is 0 Å². The van der Waals surface area contributed by atoms with Gasteiger partial charge in [0.05, 0.1) is 11.9 Å². The van der Waals surface area contributed by atoms with Gasteiger partial charge in [0, 0.05) is 8.04 Å². The average molecular weight is 378 g/mol. The van der Waals surface area contributed by atoms with E-state index >= 15 is 0 Å². The molecule has 0 aliphatic carbocycles. The van der Waals surface area contributed by atoms with Gasteiger partial charge in [-0.1, -0.05) is 5.21 Å². The number of hydrogen-bond donors (Lipinski definition) is 0. The zero-order chi connectivity index (χ0) is 10.8. The van der Waals surface area contributed by atoms with Gasteiger partial charge < -0.3 is 0 Å². The summed E-state index contributed by atoms with van der Waals surface area (Å²) in [6.07, 6.45) is 2.25. The van der Waals surface area contributed by atoms with Crippen molar-refractivity contribution in [1.29, 1.82) is 0 Å². The highest BCUT2D eigenvalue weighted by atomic mass is 127. The van der Waals surface area contributed by atoms with Gasteiger partial charge >= 0.3 is 0 Å². The van der Waals surface area contributed by atoms with Gasteiger partial charge in [0.2, 0.25) is 0 Å². The number of aromatic nitrogens is 3. The van der Waals surface area contributed by atoms with Gasteiger partial charge in [-0.25, -0.2) is 4.68 Å². The van der Waals surface area contributed by atoms with Crippen molar-refractivity contribution < 1.29 is 4.79 Å². The lowest BCUT2D eigenvalue weighted by Crippen LogP contribution is -1.96. The topological polar surface area (TPSA) is 47.8 Å². The fourth-order valence-corrected chi connectivity index (χ4v) is 2.60. The Balaban J connectivity index is 2.49. The van der Waals surface area contributed by atoms with Crippen molar-refractivity contribution in [2.75, 3.05) is 0 Å². The zero-order valence-electron chi connectivity index (χ0n) is 7.39. The highest BCUT2D eigenvalue weighted by Gasteiger charge is 2.05. The van der Waals surface area contributed by atoms with Gasteiger partial charge in [-0.15, -0.1) is 5.10 Å². The maximum atomic E-state index is 10.5. The fraction of sp³-hybridized carbons (Fsp3) is 0. The quantitative estimate of drug-likeness (QED) is 0.596. The Labute approximate surface area is 108 Å². The van der Waals surface area contributed by atoms with E-state index in [-0.39, 0.29) is 0 Å². The van der Waals surface area contributed by atoms with Gasteiger partial charge in [0.15, 0.2) is 6.29 Å². The van der Waals surface area contributed by atoms with Crippen LogP contribution in [0.2, 0.25) is 0 Å². The maximum absolute atomic E-state index is 10.5. The summed E-state index contributed by atoms with van der Waals surface area (Å²) < 4.78 is 3.60. The Morgan fingerprint density at radius 3 is 2.87 bits per heavy atom. The molecule has 0 atom stereocenters. The molecule has 0 spiro atoms. The SMILES string of the molecule is O=Cc1cn(-c2ccc(I)cc2Br)nn1. The van der Waals surface area contributed by atoms with E-state index in [9.17, 15) is 4.79 Å². The summed E-state index contributed by atoms with van der Waals surface area (Å²) in [6, 6.07) is 5.84. The highest BCUT2D eigenvalue weighted by Crippen LogP contribution is 2.22. The van der Waals surface area contributed by atoms with Crippen LogP contribution in [-0.4, -0.2) is 21.3 Å². The number of halogens is 2. The van der Waals surface area contributed by atoms with Crippen molar-refractivity contribution in [2.45, 2.75) is 0 Å². The van der Waals surface area contributed by atoms with E-state index in [2.05, 4.69) is 48.8 Å². The van der Waals surface area contributed by atoms with Crippen LogP contribution < -0.4 is 0 Å². The molecule has 2 aromatic rings. The molecule has 0 amide bonds. The number of carbonyl (C=O) groups excluding carboxylic acids is 1. The standard InChI is InChI=1S/C9H5BrIN3O/c10-8-3-6(11)1-2-9(8)14-4-7(5-15)12-13-14/h1-5H. The molecule has 6 heteroatoms. The third-order valence-corrected chi connectivity index (χ3v) is 3.09. The number of carbonyl (C=O) groups is 1. The van der Waals surface area contributed by atoms with Crippen LogP contribution in [0.5, 0.6) is 0 Å². The predicted octanol–water partition coefficient (Wildman–Crippen LogP) is 2.45. The van der Waals surface area contributed by atoms with Crippen LogP contribution >= 0.6 is 38.5 Å². The number of aldehydes is 1. The lowest BCUT2D eigenvalue weighted by atomic mass is 10.3. The molecule has 1 heterocycles. The molecule has 0 N–H and O–H groups in total. The third kappa shape index (κ3) is 2.25. The summed E-state index contributed by atoms with van der Waals surface area (Å²) in [4.78, 5) is 10.5. The monoisotopic (exact) mass is 377 g/mol. The average Bonchev–Trinajstić information content (AvgIpc) is 2.66. The molecule has 0 aliphatic heterocycles. The second-order valence-electron chi connectivity index (χ2n) is 2.80. The second-order valence-corrected chi connectivity index (χ2v) is 4.90. The minimum atomic E-state index is 0.320. The maximum Gasteiger partial charge on any atom is 0.171 e. The second kappa shape index (κ2) is 4.40. The lowest BCUT2D eigenvalue weighted by Gasteiger charge is -2.03. The summed E-state index contributed by atoms with van der Waals surface area (Å²) in [5, 5.41) is 7.55. The summed E-state index contributed by atoms with van der Waals surface area (Å²) >= 11 is 5.66. The molecule has 0 radical (unpaired) electrons. The molecule has 4 nitrogen and oxygen atoms in total. The summed E-state index contributed by atoms with van der Waals surface area (Å²) in [5.41, 5.74) is 1.18. The van der Waals surface area contributed by atoms with Crippen LogP contribution in [-0.2, 0) is 0 Å². The summed E-state index contributed by atoms with van der Waals surface area (Å²) in [6.45, 7) is 0. The van der Waals surface area contributed by atoms with Crippen LogP contribution in [0.1, 0.15) is 10.5 Å². The lowest BCUT2D eigenvalue weighted by molar-refractivity contribution is 0.111. The first-order valence-corrected chi connectivity index (χ1v) is 5.91. The smallest absolute Gasteiger partial charge is 0.171 e.